The maximum atomic E-state index is 13.1. The van der Waals surface area contributed by atoms with E-state index < -0.39 is 5.82 Å². The molecular formula is C9H5ClFNO. The minimum atomic E-state index is -0.836. The number of halogens is 2. The minimum Gasteiger partial charge on any atom is -0.294 e. The number of rotatable bonds is 1. The van der Waals surface area contributed by atoms with Crippen LogP contribution in [0.2, 0.25) is 5.02 Å². The quantitative estimate of drug-likeness (QED) is 0.650. The molecule has 0 unspecified atom stereocenters. The fraction of sp³-hybridized carbons (Fsp3) is 0.111. The Balaban J connectivity index is 3.42. The number of ketones is 1. The van der Waals surface area contributed by atoms with Crippen LogP contribution < -0.4 is 0 Å². The van der Waals surface area contributed by atoms with Crippen molar-refractivity contribution in [3.63, 3.8) is 0 Å². The largest absolute Gasteiger partial charge is 0.294 e. The molecule has 0 bridgehead atoms. The smallest absolute Gasteiger partial charge is 0.161 e. The van der Waals surface area contributed by atoms with E-state index in [1.54, 1.807) is 6.07 Å². The topological polar surface area (TPSA) is 40.9 Å². The number of carbonyl (C=O) groups excluding carboxylic acids is 1. The molecule has 0 aromatic heterocycles. The van der Waals surface area contributed by atoms with Crippen molar-refractivity contribution in [3.8, 4) is 6.07 Å². The standard InChI is InChI=1S/C9H5ClFNO/c1-5(13)7-3-2-6(4-12)9(11)8(7)10/h2-3H,1H3. The number of nitriles is 1. The molecule has 0 saturated carbocycles. The summed E-state index contributed by atoms with van der Waals surface area (Å²) in [5.41, 5.74) is -0.0619. The average Bonchev–Trinajstić information content (AvgIpc) is 2.09. The Bertz CT molecular complexity index is 409. The van der Waals surface area contributed by atoms with Gasteiger partial charge in [-0.25, -0.2) is 4.39 Å². The van der Waals surface area contributed by atoms with E-state index in [0.29, 0.717) is 0 Å². The summed E-state index contributed by atoms with van der Waals surface area (Å²) in [5.74, 6) is -1.16. The predicted molar refractivity (Wildman–Crippen MR) is 46.1 cm³/mol. The van der Waals surface area contributed by atoms with Crippen molar-refractivity contribution in [2.24, 2.45) is 0 Å². The lowest BCUT2D eigenvalue weighted by Crippen LogP contribution is -1.97. The van der Waals surface area contributed by atoms with Crippen LogP contribution in [0.5, 0.6) is 0 Å². The summed E-state index contributed by atoms with van der Waals surface area (Å²) in [6, 6.07) is 4.21. The van der Waals surface area contributed by atoms with E-state index >= 15 is 0 Å². The first-order valence-corrected chi connectivity index (χ1v) is 3.84. The third kappa shape index (κ3) is 1.68. The normalized spacial score (nSPS) is 9.38. The van der Waals surface area contributed by atoms with E-state index in [9.17, 15) is 9.18 Å². The number of nitrogens with zero attached hydrogens (tertiary/aromatic N) is 1. The van der Waals surface area contributed by atoms with Crippen molar-refractivity contribution in [1.82, 2.24) is 0 Å². The summed E-state index contributed by atoms with van der Waals surface area (Å²) in [5, 5.41) is 8.15. The number of Topliss-reactive ketones (excluding diaryl/α,β-unsaturated/α-hetero) is 1. The molecule has 0 atom stereocenters. The van der Waals surface area contributed by atoms with Crippen LogP contribution in [0.15, 0.2) is 12.1 Å². The molecule has 0 aliphatic heterocycles. The Morgan fingerprint density at radius 1 is 1.62 bits per heavy atom. The SMILES string of the molecule is CC(=O)c1ccc(C#N)c(F)c1Cl. The summed E-state index contributed by atoms with van der Waals surface area (Å²) in [7, 11) is 0. The van der Waals surface area contributed by atoms with Gasteiger partial charge in [0.1, 0.15) is 6.07 Å². The summed E-state index contributed by atoms with van der Waals surface area (Å²) in [4.78, 5) is 10.9. The molecule has 0 N–H and O–H groups in total. The van der Waals surface area contributed by atoms with Crippen molar-refractivity contribution < 1.29 is 9.18 Å². The predicted octanol–water partition coefficient (Wildman–Crippen LogP) is 2.55. The van der Waals surface area contributed by atoms with Crippen molar-refractivity contribution in [2.45, 2.75) is 6.92 Å². The van der Waals surface area contributed by atoms with Gasteiger partial charge in [-0.05, 0) is 19.1 Å². The number of hydrogen-bond acceptors (Lipinski definition) is 2. The van der Waals surface area contributed by atoms with Crippen molar-refractivity contribution in [2.75, 3.05) is 0 Å². The molecule has 66 valence electrons. The third-order valence-electron chi connectivity index (χ3n) is 1.58. The van der Waals surface area contributed by atoms with Gasteiger partial charge in [0, 0.05) is 5.56 Å². The Kier molecular flexibility index (Phi) is 2.64. The van der Waals surface area contributed by atoms with Gasteiger partial charge in [-0.3, -0.25) is 4.79 Å². The molecular weight excluding hydrogens is 193 g/mol. The molecule has 13 heavy (non-hydrogen) atoms. The van der Waals surface area contributed by atoms with Crippen LogP contribution in [0.25, 0.3) is 0 Å². The molecule has 0 saturated heterocycles. The molecule has 1 aromatic rings. The second-order valence-electron chi connectivity index (χ2n) is 2.46. The van der Waals surface area contributed by atoms with Gasteiger partial charge in [0.15, 0.2) is 11.6 Å². The van der Waals surface area contributed by atoms with Gasteiger partial charge in [-0.1, -0.05) is 11.6 Å². The summed E-state index contributed by atoms with van der Waals surface area (Å²) >= 11 is 5.53. The first-order valence-electron chi connectivity index (χ1n) is 3.47. The van der Waals surface area contributed by atoms with Crippen LogP contribution in [0.1, 0.15) is 22.8 Å². The molecule has 0 amide bonds. The average molecular weight is 198 g/mol. The maximum Gasteiger partial charge on any atom is 0.161 e. The highest BCUT2D eigenvalue weighted by molar-refractivity contribution is 6.34. The molecule has 1 rings (SSSR count). The van der Waals surface area contributed by atoms with Gasteiger partial charge >= 0.3 is 0 Å². The highest BCUT2D eigenvalue weighted by Crippen LogP contribution is 2.22. The lowest BCUT2D eigenvalue weighted by Gasteiger charge is -2.01. The zero-order valence-electron chi connectivity index (χ0n) is 6.77. The van der Waals surface area contributed by atoms with Crippen LogP contribution in [0.4, 0.5) is 4.39 Å². The van der Waals surface area contributed by atoms with Gasteiger partial charge in [-0.2, -0.15) is 5.26 Å². The van der Waals surface area contributed by atoms with Crippen LogP contribution in [0.3, 0.4) is 0 Å². The maximum absolute atomic E-state index is 13.1. The number of carbonyl (C=O) groups is 1. The number of benzene rings is 1. The zero-order chi connectivity index (χ0) is 10.0. The van der Waals surface area contributed by atoms with Crippen LogP contribution in [0, 0.1) is 17.1 Å². The van der Waals surface area contributed by atoms with Crippen LogP contribution in [-0.2, 0) is 0 Å². The molecule has 2 nitrogen and oxygen atoms in total. The summed E-state index contributed by atoms with van der Waals surface area (Å²) in [6.45, 7) is 1.28. The van der Waals surface area contributed by atoms with E-state index in [1.165, 1.54) is 19.1 Å². The number of hydrogen-bond donors (Lipinski definition) is 0. The van der Waals surface area contributed by atoms with Crippen LogP contribution >= 0.6 is 11.6 Å². The van der Waals surface area contributed by atoms with Gasteiger partial charge < -0.3 is 0 Å². The molecule has 1 aromatic carbocycles. The van der Waals surface area contributed by atoms with E-state index in [1.807, 2.05) is 0 Å². The Morgan fingerprint density at radius 3 is 2.69 bits per heavy atom. The van der Waals surface area contributed by atoms with E-state index in [-0.39, 0.29) is 21.9 Å². The van der Waals surface area contributed by atoms with Crippen molar-refractivity contribution in [1.29, 1.82) is 5.26 Å². The third-order valence-corrected chi connectivity index (χ3v) is 1.95. The van der Waals surface area contributed by atoms with Gasteiger partial charge in [-0.15, -0.1) is 0 Å². The van der Waals surface area contributed by atoms with E-state index in [4.69, 9.17) is 16.9 Å². The van der Waals surface area contributed by atoms with Crippen molar-refractivity contribution in [3.05, 3.63) is 34.1 Å². The first-order chi connectivity index (χ1) is 6.07. The van der Waals surface area contributed by atoms with Gasteiger partial charge in [0.25, 0.3) is 0 Å². The molecule has 4 heteroatoms. The Hall–Kier alpha value is -1.40. The first kappa shape index (κ1) is 9.69. The van der Waals surface area contributed by atoms with Crippen molar-refractivity contribution >= 4 is 17.4 Å². The Morgan fingerprint density at radius 2 is 2.23 bits per heavy atom. The monoisotopic (exact) mass is 197 g/mol. The highest BCUT2D eigenvalue weighted by atomic mass is 35.5. The second kappa shape index (κ2) is 3.55. The van der Waals surface area contributed by atoms with Crippen LogP contribution in [-0.4, -0.2) is 5.78 Å². The molecule has 0 fully saturated rings. The lowest BCUT2D eigenvalue weighted by molar-refractivity contribution is 0.101. The fourth-order valence-corrected chi connectivity index (χ4v) is 1.21. The summed E-state index contributed by atoms with van der Waals surface area (Å²) < 4.78 is 13.1. The van der Waals surface area contributed by atoms with Gasteiger partial charge in [0.05, 0.1) is 10.6 Å². The molecule has 0 heterocycles. The Labute approximate surface area is 79.5 Å². The molecule has 0 aliphatic carbocycles. The highest BCUT2D eigenvalue weighted by Gasteiger charge is 2.13. The molecule has 0 radical (unpaired) electrons. The second-order valence-corrected chi connectivity index (χ2v) is 2.83. The zero-order valence-corrected chi connectivity index (χ0v) is 7.52. The molecule has 0 spiro atoms. The fourth-order valence-electron chi connectivity index (χ4n) is 0.908. The van der Waals surface area contributed by atoms with E-state index in [0.717, 1.165) is 0 Å². The summed E-state index contributed by atoms with van der Waals surface area (Å²) in [6.07, 6.45) is 0. The minimum absolute atomic E-state index is 0.0955. The molecule has 0 aliphatic rings. The van der Waals surface area contributed by atoms with E-state index in [2.05, 4.69) is 0 Å². The lowest BCUT2D eigenvalue weighted by atomic mass is 10.1. The van der Waals surface area contributed by atoms with Gasteiger partial charge in [0.2, 0.25) is 0 Å².